The lowest BCUT2D eigenvalue weighted by atomic mass is 10.3. The molecule has 2 rings (SSSR count). The fourth-order valence-corrected chi connectivity index (χ4v) is 1.89. The second-order valence-corrected chi connectivity index (χ2v) is 4.26. The Balaban J connectivity index is 2.56. The highest BCUT2D eigenvalue weighted by Crippen LogP contribution is 2.20. The number of fused-ring (bicyclic) bond motifs is 1. The van der Waals surface area contributed by atoms with Crippen molar-refractivity contribution in [3.8, 4) is 0 Å². The largest absolute Gasteiger partial charge is 0.460 e. The number of aromatic nitrogens is 2. The third-order valence-electron chi connectivity index (χ3n) is 2.30. The number of hydrogen-bond donors (Lipinski definition) is 0. The molecule has 0 saturated heterocycles. The van der Waals surface area contributed by atoms with Crippen molar-refractivity contribution in [2.45, 2.75) is 6.92 Å². The molecule has 0 bridgehead atoms. The van der Waals surface area contributed by atoms with Crippen LogP contribution < -0.4 is 0 Å². The van der Waals surface area contributed by atoms with E-state index in [0.717, 1.165) is 15.5 Å². The van der Waals surface area contributed by atoms with E-state index in [2.05, 4.69) is 20.9 Å². The first-order valence-electron chi connectivity index (χ1n) is 4.92. The Labute approximate surface area is 101 Å². The minimum absolute atomic E-state index is 0.329. The van der Waals surface area contributed by atoms with Gasteiger partial charge < -0.3 is 9.30 Å². The molecule has 0 aliphatic carbocycles. The number of imidazole rings is 1. The smallest absolute Gasteiger partial charge is 0.374 e. The minimum atomic E-state index is -0.391. The Morgan fingerprint density at radius 1 is 1.56 bits per heavy atom. The molecule has 84 valence electrons. The predicted molar refractivity (Wildman–Crippen MR) is 64.4 cm³/mol. The van der Waals surface area contributed by atoms with Crippen molar-refractivity contribution in [2.75, 3.05) is 6.61 Å². The maximum absolute atomic E-state index is 11.6. The van der Waals surface area contributed by atoms with E-state index in [1.54, 1.807) is 18.5 Å². The molecule has 16 heavy (non-hydrogen) atoms. The number of halogens is 1. The van der Waals surface area contributed by atoms with E-state index in [9.17, 15) is 4.79 Å². The third kappa shape index (κ3) is 1.82. The SMILES string of the molecule is CCOC(=O)c1nc2ccc(Br)cc2n1C. The zero-order chi connectivity index (χ0) is 11.7. The third-order valence-corrected chi connectivity index (χ3v) is 2.79. The summed E-state index contributed by atoms with van der Waals surface area (Å²) in [6, 6.07) is 5.68. The van der Waals surface area contributed by atoms with Crippen molar-refractivity contribution >= 4 is 32.9 Å². The van der Waals surface area contributed by atoms with E-state index in [1.807, 2.05) is 18.2 Å². The van der Waals surface area contributed by atoms with Crippen LogP contribution in [0.2, 0.25) is 0 Å². The summed E-state index contributed by atoms with van der Waals surface area (Å²) in [4.78, 5) is 15.8. The van der Waals surface area contributed by atoms with Gasteiger partial charge in [0.2, 0.25) is 5.82 Å². The number of hydrogen-bond acceptors (Lipinski definition) is 3. The van der Waals surface area contributed by atoms with Crippen LogP contribution in [-0.2, 0) is 11.8 Å². The summed E-state index contributed by atoms with van der Waals surface area (Å²) in [6.45, 7) is 2.13. The lowest BCUT2D eigenvalue weighted by Gasteiger charge is -2.01. The molecule has 0 aliphatic rings. The summed E-state index contributed by atoms with van der Waals surface area (Å²) in [6.07, 6.45) is 0. The maximum Gasteiger partial charge on any atom is 0.374 e. The van der Waals surface area contributed by atoms with Crippen LogP contribution in [0, 0.1) is 0 Å². The van der Waals surface area contributed by atoms with Crippen LogP contribution in [0.5, 0.6) is 0 Å². The summed E-state index contributed by atoms with van der Waals surface area (Å²) >= 11 is 3.39. The zero-order valence-electron chi connectivity index (χ0n) is 9.03. The van der Waals surface area contributed by atoms with Crippen LogP contribution in [-0.4, -0.2) is 22.1 Å². The van der Waals surface area contributed by atoms with Gasteiger partial charge in [0.1, 0.15) is 0 Å². The Morgan fingerprint density at radius 3 is 3.00 bits per heavy atom. The molecule has 1 aromatic heterocycles. The van der Waals surface area contributed by atoms with Gasteiger partial charge in [-0.15, -0.1) is 0 Å². The van der Waals surface area contributed by atoms with Crippen molar-refractivity contribution in [2.24, 2.45) is 7.05 Å². The van der Waals surface area contributed by atoms with Gasteiger partial charge in [-0.05, 0) is 25.1 Å². The summed E-state index contributed by atoms with van der Waals surface area (Å²) < 4.78 is 7.63. The van der Waals surface area contributed by atoms with E-state index in [0.29, 0.717) is 12.4 Å². The van der Waals surface area contributed by atoms with Gasteiger partial charge in [-0.3, -0.25) is 0 Å². The molecule has 0 aliphatic heterocycles. The van der Waals surface area contributed by atoms with Gasteiger partial charge in [0.15, 0.2) is 0 Å². The molecule has 0 atom stereocenters. The van der Waals surface area contributed by atoms with Gasteiger partial charge in [0.05, 0.1) is 17.6 Å². The van der Waals surface area contributed by atoms with Crippen molar-refractivity contribution in [1.82, 2.24) is 9.55 Å². The van der Waals surface area contributed by atoms with Crippen molar-refractivity contribution in [3.05, 3.63) is 28.5 Å². The van der Waals surface area contributed by atoms with Crippen LogP contribution in [0.15, 0.2) is 22.7 Å². The highest BCUT2D eigenvalue weighted by Gasteiger charge is 2.16. The van der Waals surface area contributed by atoms with Gasteiger partial charge in [0, 0.05) is 11.5 Å². The van der Waals surface area contributed by atoms with Gasteiger partial charge in [-0.25, -0.2) is 9.78 Å². The molecule has 4 nitrogen and oxygen atoms in total. The number of benzene rings is 1. The molecule has 0 amide bonds. The molecule has 0 saturated carbocycles. The molecular weight excluding hydrogens is 272 g/mol. The van der Waals surface area contributed by atoms with Crippen molar-refractivity contribution < 1.29 is 9.53 Å². The van der Waals surface area contributed by atoms with Crippen LogP contribution in [0.3, 0.4) is 0 Å². The average Bonchev–Trinajstić information content (AvgIpc) is 2.57. The number of rotatable bonds is 2. The topological polar surface area (TPSA) is 44.1 Å². The van der Waals surface area contributed by atoms with E-state index in [1.165, 1.54) is 0 Å². The van der Waals surface area contributed by atoms with Crippen LogP contribution in [0.1, 0.15) is 17.5 Å². The number of carbonyl (C=O) groups is 1. The van der Waals surface area contributed by atoms with Crippen molar-refractivity contribution in [1.29, 1.82) is 0 Å². The number of esters is 1. The first-order valence-corrected chi connectivity index (χ1v) is 5.72. The van der Waals surface area contributed by atoms with Gasteiger partial charge in [-0.1, -0.05) is 15.9 Å². The number of ether oxygens (including phenoxy) is 1. The minimum Gasteiger partial charge on any atom is -0.460 e. The zero-order valence-corrected chi connectivity index (χ0v) is 10.6. The van der Waals surface area contributed by atoms with Crippen LogP contribution in [0.25, 0.3) is 11.0 Å². The number of nitrogens with zero attached hydrogens (tertiary/aromatic N) is 2. The van der Waals surface area contributed by atoms with Crippen LogP contribution in [0.4, 0.5) is 0 Å². The van der Waals surface area contributed by atoms with E-state index < -0.39 is 5.97 Å². The highest BCUT2D eigenvalue weighted by molar-refractivity contribution is 9.10. The van der Waals surface area contributed by atoms with E-state index in [-0.39, 0.29) is 0 Å². The average molecular weight is 283 g/mol. The van der Waals surface area contributed by atoms with E-state index in [4.69, 9.17) is 4.74 Å². The van der Waals surface area contributed by atoms with Gasteiger partial charge in [0.25, 0.3) is 0 Å². The van der Waals surface area contributed by atoms with Gasteiger partial charge in [-0.2, -0.15) is 0 Å². The highest BCUT2D eigenvalue weighted by atomic mass is 79.9. The number of aryl methyl sites for hydroxylation is 1. The quantitative estimate of drug-likeness (QED) is 0.795. The first kappa shape index (κ1) is 11.1. The first-order chi connectivity index (χ1) is 7.63. The molecule has 5 heteroatoms. The van der Waals surface area contributed by atoms with Crippen LogP contribution >= 0.6 is 15.9 Å². The fourth-order valence-electron chi connectivity index (χ4n) is 1.54. The van der Waals surface area contributed by atoms with E-state index >= 15 is 0 Å². The summed E-state index contributed by atoms with van der Waals surface area (Å²) in [5.74, 6) is -0.0627. The molecule has 1 aromatic carbocycles. The number of carbonyl (C=O) groups excluding carboxylic acids is 1. The molecule has 0 fully saturated rings. The fraction of sp³-hybridized carbons (Fsp3) is 0.273. The molecule has 1 heterocycles. The molecule has 0 radical (unpaired) electrons. The summed E-state index contributed by atoms with van der Waals surface area (Å²) in [5.41, 5.74) is 1.69. The predicted octanol–water partition coefficient (Wildman–Crippen LogP) is 2.51. The lowest BCUT2D eigenvalue weighted by Crippen LogP contribution is -2.11. The lowest BCUT2D eigenvalue weighted by molar-refractivity contribution is 0.0508. The molecular formula is C11H11BrN2O2. The second-order valence-electron chi connectivity index (χ2n) is 3.35. The molecule has 0 spiro atoms. The van der Waals surface area contributed by atoms with Crippen molar-refractivity contribution in [3.63, 3.8) is 0 Å². The van der Waals surface area contributed by atoms with Gasteiger partial charge >= 0.3 is 5.97 Å². The summed E-state index contributed by atoms with van der Waals surface area (Å²) in [5, 5.41) is 0. The molecule has 0 N–H and O–H groups in total. The molecule has 2 aromatic rings. The Morgan fingerprint density at radius 2 is 2.31 bits per heavy atom. The summed E-state index contributed by atoms with van der Waals surface area (Å²) in [7, 11) is 1.80. The Kier molecular flexibility index (Phi) is 2.96. The Bertz CT molecular complexity index is 548. The monoisotopic (exact) mass is 282 g/mol. The molecule has 0 unspecified atom stereocenters. The Hall–Kier alpha value is -1.36. The normalized spacial score (nSPS) is 10.7. The maximum atomic E-state index is 11.6. The second kappa shape index (κ2) is 4.25. The standard InChI is InChI=1S/C11H11BrN2O2/c1-3-16-11(15)10-13-8-5-4-7(12)6-9(8)14(10)2/h4-6H,3H2,1-2H3.